The highest BCUT2D eigenvalue weighted by Crippen LogP contribution is 2.37. The van der Waals surface area contributed by atoms with Gasteiger partial charge in [-0.3, -0.25) is 9.59 Å². The van der Waals surface area contributed by atoms with Crippen molar-refractivity contribution in [2.75, 3.05) is 32.1 Å². The zero-order valence-electron chi connectivity index (χ0n) is 25.1. The van der Waals surface area contributed by atoms with Crippen molar-refractivity contribution in [2.24, 2.45) is 0 Å². The highest BCUT2D eigenvalue weighted by atomic mass is 16.5. The van der Waals surface area contributed by atoms with Crippen LogP contribution in [0.15, 0.2) is 36.4 Å². The first-order chi connectivity index (χ1) is 18.9. The Balaban J connectivity index is 2.30. The highest BCUT2D eigenvalue weighted by Gasteiger charge is 2.24. The molecule has 1 atom stereocenters. The highest BCUT2D eigenvalue weighted by molar-refractivity contribution is 5.95. The summed E-state index contributed by atoms with van der Waals surface area (Å²) in [7, 11) is 1.58. The average molecular weight is 555 g/mol. The summed E-state index contributed by atoms with van der Waals surface area (Å²) in [6, 6.07) is 10.3. The van der Waals surface area contributed by atoms with Crippen molar-refractivity contribution in [3.63, 3.8) is 0 Å². The molecule has 8 nitrogen and oxygen atoms in total. The summed E-state index contributed by atoms with van der Waals surface area (Å²) in [5, 5.41) is 12.5. The van der Waals surface area contributed by atoms with Gasteiger partial charge in [0.15, 0.2) is 6.61 Å². The van der Waals surface area contributed by atoms with E-state index in [9.17, 15) is 19.5 Å². The molecule has 0 aliphatic carbocycles. The van der Waals surface area contributed by atoms with Gasteiger partial charge in [-0.2, -0.15) is 0 Å². The van der Waals surface area contributed by atoms with Crippen molar-refractivity contribution in [1.82, 2.24) is 4.90 Å². The van der Waals surface area contributed by atoms with Crippen LogP contribution in [0.2, 0.25) is 0 Å². The number of benzene rings is 2. The van der Waals surface area contributed by atoms with Crippen LogP contribution in [0.3, 0.4) is 0 Å². The van der Waals surface area contributed by atoms with Gasteiger partial charge < -0.3 is 24.8 Å². The molecule has 2 aromatic rings. The van der Waals surface area contributed by atoms with E-state index in [-0.39, 0.29) is 41.7 Å². The second kappa shape index (κ2) is 15.3. The zero-order chi connectivity index (χ0) is 29.9. The lowest BCUT2D eigenvalue weighted by atomic mass is 9.85. The molecule has 0 saturated heterocycles. The van der Waals surface area contributed by atoms with Gasteiger partial charge in [0.1, 0.15) is 11.5 Å². The number of anilines is 1. The molecule has 0 aliphatic rings. The van der Waals surface area contributed by atoms with E-state index in [4.69, 9.17) is 9.47 Å². The number of carbonyl (C=O) groups excluding carboxylic acids is 2. The van der Waals surface area contributed by atoms with Crippen LogP contribution in [0.5, 0.6) is 11.5 Å². The van der Waals surface area contributed by atoms with E-state index in [2.05, 4.69) is 12.2 Å². The molecule has 2 aromatic carbocycles. The molecular weight excluding hydrogens is 508 g/mol. The van der Waals surface area contributed by atoms with Crippen LogP contribution in [-0.4, -0.2) is 54.6 Å². The van der Waals surface area contributed by atoms with Crippen LogP contribution in [-0.2, 0) is 15.0 Å². The number of rotatable bonds is 15. The van der Waals surface area contributed by atoms with E-state index in [1.807, 2.05) is 46.8 Å². The molecule has 0 saturated carbocycles. The summed E-state index contributed by atoms with van der Waals surface area (Å²) in [5.41, 5.74) is 2.11. The number of nitrogens with zero attached hydrogens (tertiary/aromatic N) is 1. The second-order valence-corrected chi connectivity index (χ2v) is 11.0. The molecule has 0 radical (unpaired) electrons. The molecular formula is C32H46N2O6. The summed E-state index contributed by atoms with van der Waals surface area (Å²) in [6.45, 7) is 13.3. The lowest BCUT2D eigenvalue weighted by Gasteiger charge is -2.25. The van der Waals surface area contributed by atoms with Gasteiger partial charge in [-0.15, -0.1) is 0 Å². The van der Waals surface area contributed by atoms with Crippen LogP contribution in [0, 0.1) is 0 Å². The Labute approximate surface area is 239 Å². The number of aromatic carboxylic acids is 1. The Morgan fingerprint density at radius 3 is 2.27 bits per heavy atom. The monoisotopic (exact) mass is 554 g/mol. The summed E-state index contributed by atoms with van der Waals surface area (Å²) >= 11 is 0. The maximum atomic E-state index is 13.4. The molecule has 0 fully saturated rings. The number of carbonyl (C=O) groups is 3. The van der Waals surface area contributed by atoms with Crippen LogP contribution in [0.1, 0.15) is 101 Å². The van der Waals surface area contributed by atoms with Gasteiger partial charge in [0.25, 0.3) is 5.91 Å². The van der Waals surface area contributed by atoms with Crippen molar-refractivity contribution in [3.05, 3.63) is 53.1 Å². The maximum absolute atomic E-state index is 13.4. The standard InChI is InChI=1S/C32H46N2O6/c1-8-11-12-13-22(19-29(35)33-27-18-23(31(37)38)14-17-26(27)32(4,5)6)25-16-15-24(20-28(25)39-7)40-21-30(36)34(9-2)10-3/h14-18,20,22H,8-13,19,21H2,1-7H3,(H,33,35)(H,37,38). The average Bonchev–Trinajstić information content (AvgIpc) is 2.91. The minimum atomic E-state index is -1.04. The van der Waals surface area contributed by atoms with Crippen LogP contribution in [0.4, 0.5) is 5.69 Å². The molecule has 0 heterocycles. The Hall–Kier alpha value is -3.55. The summed E-state index contributed by atoms with van der Waals surface area (Å²) < 4.78 is 11.5. The molecule has 2 amide bonds. The molecule has 0 spiro atoms. The van der Waals surface area contributed by atoms with Gasteiger partial charge in [0.2, 0.25) is 5.91 Å². The number of unbranched alkanes of at least 4 members (excludes halogenated alkanes) is 2. The zero-order valence-corrected chi connectivity index (χ0v) is 25.1. The largest absolute Gasteiger partial charge is 0.496 e. The molecule has 8 heteroatoms. The molecule has 2 N–H and O–H groups in total. The molecule has 0 aromatic heterocycles. The molecule has 220 valence electrons. The molecule has 0 bridgehead atoms. The Kier molecular flexibility index (Phi) is 12.5. The number of amides is 2. The van der Waals surface area contributed by atoms with Gasteiger partial charge in [-0.05, 0) is 60.9 Å². The van der Waals surface area contributed by atoms with Gasteiger partial charge in [-0.1, -0.05) is 59.1 Å². The fourth-order valence-corrected chi connectivity index (χ4v) is 4.80. The molecule has 1 unspecified atom stereocenters. The number of nitrogens with one attached hydrogen (secondary N) is 1. The van der Waals surface area contributed by atoms with Crippen molar-refractivity contribution in [1.29, 1.82) is 0 Å². The van der Waals surface area contributed by atoms with Gasteiger partial charge in [0, 0.05) is 31.3 Å². The number of carboxylic acids is 1. The van der Waals surface area contributed by atoms with Gasteiger partial charge >= 0.3 is 5.97 Å². The number of likely N-dealkylation sites (N-methyl/N-ethyl adjacent to an activating group) is 1. The predicted molar refractivity (Wildman–Crippen MR) is 159 cm³/mol. The van der Waals surface area contributed by atoms with Crippen molar-refractivity contribution in [2.45, 2.75) is 85.0 Å². The Morgan fingerprint density at radius 1 is 1.00 bits per heavy atom. The van der Waals surface area contributed by atoms with Crippen LogP contribution < -0.4 is 14.8 Å². The first-order valence-corrected chi connectivity index (χ1v) is 14.2. The maximum Gasteiger partial charge on any atom is 0.335 e. The summed E-state index contributed by atoms with van der Waals surface area (Å²) in [4.78, 5) is 39.1. The van der Waals surface area contributed by atoms with E-state index in [0.29, 0.717) is 30.3 Å². The number of hydrogen-bond donors (Lipinski definition) is 2. The normalized spacial score (nSPS) is 12.0. The summed E-state index contributed by atoms with van der Waals surface area (Å²) in [5.74, 6) is -0.304. The Bertz CT molecular complexity index is 1150. The fourth-order valence-electron chi connectivity index (χ4n) is 4.80. The fraction of sp³-hybridized carbons (Fsp3) is 0.531. The third kappa shape index (κ3) is 9.28. The van der Waals surface area contributed by atoms with E-state index in [1.165, 1.54) is 6.07 Å². The first-order valence-electron chi connectivity index (χ1n) is 14.2. The SMILES string of the molecule is CCCCCC(CC(=O)Nc1cc(C(=O)O)ccc1C(C)(C)C)c1ccc(OCC(=O)N(CC)CC)cc1OC. The molecule has 0 aliphatic heterocycles. The number of methoxy groups -OCH3 is 1. The van der Waals surface area contributed by atoms with Gasteiger partial charge in [-0.25, -0.2) is 4.79 Å². The van der Waals surface area contributed by atoms with E-state index >= 15 is 0 Å². The van der Waals surface area contributed by atoms with Crippen molar-refractivity contribution < 1.29 is 29.0 Å². The smallest absolute Gasteiger partial charge is 0.335 e. The minimum Gasteiger partial charge on any atom is -0.496 e. The van der Waals surface area contributed by atoms with Gasteiger partial charge in [0.05, 0.1) is 12.7 Å². The predicted octanol–water partition coefficient (Wildman–Crippen LogP) is 6.63. The van der Waals surface area contributed by atoms with Crippen LogP contribution >= 0.6 is 0 Å². The number of hydrogen-bond acceptors (Lipinski definition) is 5. The number of ether oxygens (including phenoxy) is 2. The topological polar surface area (TPSA) is 105 Å². The minimum absolute atomic E-state index is 0.0575. The quantitative estimate of drug-likeness (QED) is 0.239. The summed E-state index contributed by atoms with van der Waals surface area (Å²) in [6.07, 6.45) is 4.06. The second-order valence-electron chi connectivity index (χ2n) is 11.0. The number of carboxylic acid groups (broad SMARTS) is 1. The molecule has 2 rings (SSSR count). The lowest BCUT2D eigenvalue weighted by Crippen LogP contribution is -2.34. The van der Waals surface area contributed by atoms with Crippen LogP contribution in [0.25, 0.3) is 0 Å². The van der Waals surface area contributed by atoms with Crippen molar-refractivity contribution in [3.8, 4) is 11.5 Å². The van der Waals surface area contributed by atoms with E-state index in [1.54, 1.807) is 30.2 Å². The third-order valence-electron chi connectivity index (χ3n) is 7.06. The third-order valence-corrected chi connectivity index (χ3v) is 7.06. The van der Waals surface area contributed by atoms with Crippen molar-refractivity contribution >= 4 is 23.5 Å². The lowest BCUT2D eigenvalue weighted by molar-refractivity contribution is -0.133. The molecule has 40 heavy (non-hydrogen) atoms. The first kappa shape index (κ1) is 32.7. The van der Waals surface area contributed by atoms with E-state index < -0.39 is 5.97 Å². The van der Waals surface area contributed by atoms with E-state index in [0.717, 1.165) is 36.8 Å². The Morgan fingerprint density at radius 2 is 1.70 bits per heavy atom.